The molecule has 0 aromatic carbocycles. The Hall–Kier alpha value is -1.11. The second kappa shape index (κ2) is 17.0. The van der Waals surface area contributed by atoms with Gasteiger partial charge in [0, 0.05) is 13.2 Å². The molecule has 156 valence electrons. The Balaban J connectivity index is 4.04. The van der Waals surface area contributed by atoms with Gasteiger partial charge in [0.25, 0.3) is 0 Å². The third-order valence-corrected chi connectivity index (χ3v) is 4.73. The molecule has 0 aliphatic heterocycles. The van der Waals surface area contributed by atoms with Crippen molar-refractivity contribution in [3.63, 3.8) is 0 Å². The second-order valence-corrected chi connectivity index (χ2v) is 8.35. The van der Waals surface area contributed by atoms with Crippen molar-refractivity contribution in [2.24, 2.45) is 11.8 Å². The topological polar surface area (TPSA) is 22.8 Å². The van der Waals surface area contributed by atoms with E-state index >= 15 is 0 Å². The molecule has 0 heterocycles. The summed E-state index contributed by atoms with van der Waals surface area (Å²) in [7, 11) is 0. The first-order chi connectivity index (χ1) is 12.8. The monoisotopic (exact) mass is 377 g/mol. The molecule has 3 heteroatoms. The third-order valence-electron chi connectivity index (χ3n) is 4.73. The minimum atomic E-state index is -0.228. The lowest BCUT2D eigenvalue weighted by atomic mass is 10.0. The number of ether oxygens (including phenoxy) is 2. The van der Waals surface area contributed by atoms with Gasteiger partial charge >= 0.3 is 0 Å². The highest BCUT2D eigenvalue weighted by molar-refractivity contribution is 4.93. The van der Waals surface area contributed by atoms with Crippen LogP contribution in [-0.2, 0) is 9.47 Å². The van der Waals surface area contributed by atoms with Gasteiger partial charge in [-0.25, -0.2) is 6.57 Å². The van der Waals surface area contributed by atoms with Crippen LogP contribution in [0.25, 0.3) is 4.85 Å². The van der Waals surface area contributed by atoms with E-state index in [1.807, 2.05) is 0 Å². The van der Waals surface area contributed by atoms with E-state index in [1.165, 1.54) is 24.0 Å². The Bertz CT molecular complexity index is 419. The molecule has 0 bridgehead atoms. The van der Waals surface area contributed by atoms with E-state index in [1.54, 1.807) is 0 Å². The van der Waals surface area contributed by atoms with Crippen molar-refractivity contribution in [3.8, 4) is 0 Å². The lowest BCUT2D eigenvalue weighted by Gasteiger charge is -2.19. The van der Waals surface area contributed by atoms with E-state index in [9.17, 15) is 0 Å². The van der Waals surface area contributed by atoms with Crippen LogP contribution in [-0.4, -0.2) is 26.0 Å². The van der Waals surface area contributed by atoms with E-state index in [4.69, 9.17) is 16.0 Å². The standard InChI is InChI=1S/C24H43NO2/c1-20(2)10-8-12-22(5)15-18-26-24(14-17-25-7)27-19-16-23(6)13-9-11-21(3)4/h10-11,22-24H,8-9,12-19H2,1-6H3. The van der Waals surface area contributed by atoms with Gasteiger partial charge in [-0.1, -0.05) is 37.1 Å². The summed E-state index contributed by atoms with van der Waals surface area (Å²) in [5, 5.41) is 0. The van der Waals surface area contributed by atoms with Gasteiger partial charge in [-0.15, -0.1) is 0 Å². The average Bonchev–Trinajstić information content (AvgIpc) is 2.58. The molecule has 0 aromatic rings. The molecular formula is C24H43NO2. The van der Waals surface area contributed by atoms with E-state index in [0.29, 0.717) is 24.8 Å². The molecule has 3 nitrogen and oxygen atoms in total. The van der Waals surface area contributed by atoms with E-state index in [2.05, 4.69) is 58.5 Å². The maximum atomic E-state index is 7.01. The van der Waals surface area contributed by atoms with Crippen molar-refractivity contribution in [3.05, 3.63) is 34.7 Å². The normalized spacial score (nSPS) is 14.1. The lowest BCUT2D eigenvalue weighted by Crippen LogP contribution is -2.21. The van der Waals surface area contributed by atoms with Gasteiger partial charge in [0.05, 0.1) is 6.42 Å². The molecule has 0 amide bonds. The molecule has 0 saturated heterocycles. The van der Waals surface area contributed by atoms with Gasteiger partial charge in [0.2, 0.25) is 6.54 Å². The molecule has 0 aliphatic carbocycles. The van der Waals surface area contributed by atoms with Crippen molar-refractivity contribution >= 4 is 0 Å². The van der Waals surface area contributed by atoms with Crippen LogP contribution in [0, 0.1) is 18.4 Å². The zero-order valence-corrected chi connectivity index (χ0v) is 18.7. The first-order valence-electron chi connectivity index (χ1n) is 10.7. The van der Waals surface area contributed by atoms with Crippen LogP contribution in [0.5, 0.6) is 0 Å². The molecule has 0 aromatic heterocycles. The maximum Gasteiger partial charge on any atom is 0.219 e. The molecule has 27 heavy (non-hydrogen) atoms. The number of rotatable bonds is 16. The van der Waals surface area contributed by atoms with Crippen LogP contribution in [0.3, 0.4) is 0 Å². The van der Waals surface area contributed by atoms with Crippen molar-refractivity contribution in [1.82, 2.24) is 0 Å². The Morgan fingerprint density at radius 1 is 0.778 bits per heavy atom. The molecular weight excluding hydrogens is 334 g/mol. The summed E-state index contributed by atoms with van der Waals surface area (Å²) in [6, 6.07) is 0. The Morgan fingerprint density at radius 2 is 1.22 bits per heavy atom. The van der Waals surface area contributed by atoms with Gasteiger partial charge in [-0.3, -0.25) is 0 Å². The van der Waals surface area contributed by atoms with Crippen molar-refractivity contribution in [2.75, 3.05) is 19.8 Å². The Labute approximate surface area is 169 Å². The van der Waals surface area contributed by atoms with Crippen LogP contribution < -0.4 is 0 Å². The molecule has 0 rings (SSSR count). The molecule has 2 unspecified atom stereocenters. The summed E-state index contributed by atoms with van der Waals surface area (Å²) >= 11 is 0. The average molecular weight is 378 g/mol. The summed E-state index contributed by atoms with van der Waals surface area (Å²) in [5.74, 6) is 1.30. The zero-order chi connectivity index (χ0) is 20.5. The first-order valence-corrected chi connectivity index (χ1v) is 10.7. The summed E-state index contributed by atoms with van der Waals surface area (Å²) < 4.78 is 11.9. The molecule has 0 spiro atoms. The number of nitrogens with zero attached hydrogens (tertiary/aromatic N) is 1. The maximum absolute atomic E-state index is 7.01. The van der Waals surface area contributed by atoms with Gasteiger partial charge in [0.15, 0.2) is 6.29 Å². The zero-order valence-electron chi connectivity index (χ0n) is 18.7. The summed E-state index contributed by atoms with van der Waals surface area (Å²) in [6.07, 6.45) is 11.8. The van der Waals surface area contributed by atoms with Gasteiger partial charge in [-0.05, 0) is 78.1 Å². The van der Waals surface area contributed by atoms with Crippen LogP contribution in [0.15, 0.2) is 23.3 Å². The fraction of sp³-hybridized carbons (Fsp3) is 0.792. The Kier molecular flexibility index (Phi) is 16.3. The SMILES string of the molecule is [C-]#[N+]CCC(OCCC(C)CCC=C(C)C)OCCC(C)CCC=C(C)C. The minimum absolute atomic E-state index is 0.228. The summed E-state index contributed by atoms with van der Waals surface area (Å²) in [6.45, 7) is 22.1. The fourth-order valence-corrected chi connectivity index (χ4v) is 2.79. The Morgan fingerprint density at radius 3 is 1.59 bits per heavy atom. The van der Waals surface area contributed by atoms with Crippen molar-refractivity contribution in [2.45, 2.75) is 92.8 Å². The van der Waals surface area contributed by atoms with Gasteiger partial charge in [-0.2, -0.15) is 0 Å². The van der Waals surface area contributed by atoms with E-state index in [-0.39, 0.29) is 6.29 Å². The molecule has 0 radical (unpaired) electrons. The van der Waals surface area contributed by atoms with E-state index in [0.717, 1.165) is 38.9 Å². The second-order valence-electron chi connectivity index (χ2n) is 8.35. The van der Waals surface area contributed by atoms with Crippen LogP contribution in [0.4, 0.5) is 0 Å². The largest absolute Gasteiger partial charge is 0.352 e. The highest BCUT2D eigenvalue weighted by Gasteiger charge is 2.13. The molecule has 0 aliphatic rings. The fourth-order valence-electron chi connectivity index (χ4n) is 2.79. The first kappa shape index (κ1) is 25.9. The summed E-state index contributed by atoms with van der Waals surface area (Å²) in [5.41, 5.74) is 2.78. The molecule has 0 saturated carbocycles. The predicted molar refractivity (Wildman–Crippen MR) is 117 cm³/mol. The van der Waals surface area contributed by atoms with Gasteiger partial charge in [0.1, 0.15) is 0 Å². The predicted octanol–water partition coefficient (Wildman–Crippen LogP) is 7.20. The molecule has 0 fully saturated rings. The third kappa shape index (κ3) is 18.0. The van der Waals surface area contributed by atoms with Crippen molar-refractivity contribution in [1.29, 1.82) is 0 Å². The number of hydrogen-bond donors (Lipinski definition) is 0. The minimum Gasteiger partial charge on any atom is -0.352 e. The van der Waals surface area contributed by atoms with Crippen LogP contribution >= 0.6 is 0 Å². The van der Waals surface area contributed by atoms with E-state index < -0.39 is 0 Å². The highest BCUT2D eigenvalue weighted by atomic mass is 16.7. The quantitative estimate of drug-likeness (QED) is 0.161. The number of allylic oxidation sites excluding steroid dienone is 4. The van der Waals surface area contributed by atoms with Gasteiger partial charge < -0.3 is 14.3 Å². The van der Waals surface area contributed by atoms with Crippen LogP contribution in [0.1, 0.15) is 86.5 Å². The highest BCUT2D eigenvalue weighted by Crippen LogP contribution is 2.15. The van der Waals surface area contributed by atoms with Crippen molar-refractivity contribution < 1.29 is 9.47 Å². The van der Waals surface area contributed by atoms with Crippen LogP contribution in [0.2, 0.25) is 0 Å². The summed E-state index contributed by atoms with van der Waals surface area (Å²) in [4.78, 5) is 3.45. The smallest absolute Gasteiger partial charge is 0.219 e. The molecule has 0 N–H and O–H groups in total. The number of hydrogen-bond acceptors (Lipinski definition) is 2. The lowest BCUT2D eigenvalue weighted by molar-refractivity contribution is -0.147. The molecule has 2 atom stereocenters.